The van der Waals surface area contributed by atoms with Crippen molar-refractivity contribution in [3.8, 4) is 0 Å². The summed E-state index contributed by atoms with van der Waals surface area (Å²) in [5, 5.41) is 0. The maximum atomic E-state index is 12.7. The van der Waals surface area contributed by atoms with Gasteiger partial charge in [0.05, 0.1) is 11.6 Å². The molecule has 2 rings (SSSR count). The highest BCUT2D eigenvalue weighted by atomic mass is 16.6. The number of carbonyl (C=O) groups excluding carboxylic acids is 2. The molecule has 2 fully saturated rings. The zero-order valence-electron chi connectivity index (χ0n) is 15.2. The van der Waals surface area contributed by atoms with Gasteiger partial charge in [-0.15, -0.1) is 0 Å². The highest BCUT2D eigenvalue weighted by molar-refractivity contribution is 5.82. The van der Waals surface area contributed by atoms with Crippen LogP contribution in [0.5, 0.6) is 0 Å². The molecule has 2 heterocycles. The number of amides is 2. The molecule has 132 valence electrons. The summed E-state index contributed by atoms with van der Waals surface area (Å²) in [6.45, 7) is 13.0. The summed E-state index contributed by atoms with van der Waals surface area (Å²) in [6, 6.07) is 0. The second-order valence-corrected chi connectivity index (χ2v) is 8.22. The average Bonchev–Trinajstić information content (AvgIpc) is 2.81. The maximum absolute atomic E-state index is 12.7. The van der Waals surface area contributed by atoms with Gasteiger partial charge in [-0.05, 0) is 54.4 Å². The van der Waals surface area contributed by atoms with Crippen molar-refractivity contribution in [2.75, 3.05) is 19.6 Å². The Morgan fingerprint density at radius 2 is 1.83 bits per heavy atom. The predicted octanol–water partition coefficient (Wildman–Crippen LogP) is 2.41. The summed E-state index contributed by atoms with van der Waals surface area (Å²) in [7, 11) is 0. The quantitative estimate of drug-likeness (QED) is 0.742. The van der Waals surface area contributed by atoms with E-state index in [1.165, 1.54) is 0 Å². The smallest absolute Gasteiger partial charge is 0.410 e. The molecule has 2 aliphatic rings. The second kappa shape index (κ2) is 6.30. The number of ether oxygens (including phenoxy) is 2. The van der Waals surface area contributed by atoms with Crippen molar-refractivity contribution in [1.29, 1.82) is 0 Å². The third kappa shape index (κ3) is 4.37. The zero-order valence-corrected chi connectivity index (χ0v) is 15.2. The third-order valence-electron chi connectivity index (χ3n) is 4.33. The Balaban J connectivity index is 2.00. The van der Waals surface area contributed by atoms with Gasteiger partial charge in [0.25, 0.3) is 5.91 Å². The minimum absolute atomic E-state index is 0.0446. The van der Waals surface area contributed by atoms with Crippen LogP contribution in [0.3, 0.4) is 0 Å². The molecule has 0 aliphatic carbocycles. The highest BCUT2D eigenvalue weighted by Crippen LogP contribution is 2.27. The van der Waals surface area contributed by atoms with Gasteiger partial charge in [-0.25, -0.2) is 4.79 Å². The van der Waals surface area contributed by atoms with Gasteiger partial charge in [-0.3, -0.25) is 4.79 Å². The van der Waals surface area contributed by atoms with Crippen LogP contribution in [0.4, 0.5) is 4.79 Å². The first kappa shape index (κ1) is 18.0. The second-order valence-electron chi connectivity index (χ2n) is 8.22. The molecule has 0 spiro atoms. The molecule has 2 amide bonds. The van der Waals surface area contributed by atoms with E-state index in [2.05, 4.69) is 0 Å². The first-order valence-corrected chi connectivity index (χ1v) is 8.44. The third-order valence-corrected chi connectivity index (χ3v) is 4.33. The summed E-state index contributed by atoms with van der Waals surface area (Å²) >= 11 is 0. The molecule has 0 radical (unpaired) electrons. The van der Waals surface area contributed by atoms with Gasteiger partial charge in [0, 0.05) is 19.6 Å². The molecule has 6 heteroatoms. The van der Waals surface area contributed by atoms with Crippen LogP contribution in [0.1, 0.15) is 54.4 Å². The molecule has 0 aromatic carbocycles. The minimum Gasteiger partial charge on any atom is -0.444 e. The van der Waals surface area contributed by atoms with E-state index in [-0.39, 0.29) is 24.2 Å². The van der Waals surface area contributed by atoms with Gasteiger partial charge in [0.1, 0.15) is 11.7 Å². The molecule has 2 atom stereocenters. The van der Waals surface area contributed by atoms with Crippen molar-refractivity contribution >= 4 is 12.0 Å². The van der Waals surface area contributed by atoms with Crippen LogP contribution in [0.15, 0.2) is 0 Å². The van der Waals surface area contributed by atoms with E-state index in [9.17, 15) is 9.59 Å². The molecule has 0 saturated carbocycles. The van der Waals surface area contributed by atoms with Gasteiger partial charge >= 0.3 is 6.09 Å². The van der Waals surface area contributed by atoms with E-state index >= 15 is 0 Å². The van der Waals surface area contributed by atoms with E-state index < -0.39 is 11.1 Å². The van der Waals surface area contributed by atoms with Gasteiger partial charge < -0.3 is 19.3 Å². The number of carbonyl (C=O) groups is 2. The van der Waals surface area contributed by atoms with Crippen LogP contribution in [-0.2, 0) is 14.3 Å². The Morgan fingerprint density at radius 1 is 1.17 bits per heavy atom. The topological polar surface area (TPSA) is 59.1 Å². The summed E-state index contributed by atoms with van der Waals surface area (Å²) in [6.07, 6.45) is 1.20. The fourth-order valence-corrected chi connectivity index (χ4v) is 3.20. The molecule has 2 saturated heterocycles. The van der Waals surface area contributed by atoms with Crippen LogP contribution in [0.25, 0.3) is 0 Å². The molecule has 2 aliphatic heterocycles. The normalized spacial score (nSPS) is 27.9. The molecular formula is C17H30N2O4. The van der Waals surface area contributed by atoms with E-state index in [1.54, 1.807) is 4.90 Å². The Labute approximate surface area is 139 Å². The van der Waals surface area contributed by atoms with Crippen molar-refractivity contribution in [2.24, 2.45) is 0 Å². The summed E-state index contributed by atoms with van der Waals surface area (Å²) in [5.74, 6) is 0.0446. The summed E-state index contributed by atoms with van der Waals surface area (Å²) in [4.78, 5) is 28.5. The number of hydrogen-bond donors (Lipinski definition) is 0. The van der Waals surface area contributed by atoms with Crippen molar-refractivity contribution in [2.45, 2.75) is 77.7 Å². The molecular weight excluding hydrogens is 296 g/mol. The van der Waals surface area contributed by atoms with Gasteiger partial charge in [0.15, 0.2) is 0 Å². The van der Waals surface area contributed by atoms with E-state index in [0.29, 0.717) is 19.6 Å². The van der Waals surface area contributed by atoms with Crippen LogP contribution >= 0.6 is 0 Å². The van der Waals surface area contributed by atoms with E-state index in [0.717, 1.165) is 12.8 Å². The number of piperazine rings is 1. The fraction of sp³-hybridized carbons (Fsp3) is 0.882. The lowest BCUT2D eigenvalue weighted by atomic mass is 9.97. The first-order chi connectivity index (χ1) is 10.5. The largest absolute Gasteiger partial charge is 0.444 e. The molecule has 23 heavy (non-hydrogen) atoms. The minimum atomic E-state index is -0.512. The molecule has 0 aromatic rings. The number of rotatable bonds is 1. The van der Waals surface area contributed by atoms with Crippen molar-refractivity contribution in [1.82, 2.24) is 9.80 Å². The summed E-state index contributed by atoms with van der Waals surface area (Å²) < 4.78 is 11.2. The monoisotopic (exact) mass is 326 g/mol. The lowest BCUT2D eigenvalue weighted by Crippen LogP contribution is -2.63. The molecule has 0 N–H and O–H groups in total. The standard InChI is InChI=1S/C17H30N2O4/c1-12-7-8-13(22-12)14(20)19-10-9-18(11-17(19,5)6)15(21)23-16(2,3)4/h12-13H,7-11H2,1-6H3/t12-,13+/m1/s1. The van der Waals surface area contributed by atoms with Crippen LogP contribution in [-0.4, -0.2) is 64.8 Å². The van der Waals surface area contributed by atoms with Crippen molar-refractivity contribution in [3.63, 3.8) is 0 Å². The van der Waals surface area contributed by atoms with Crippen molar-refractivity contribution < 1.29 is 19.1 Å². The first-order valence-electron chi connectivity index (χ1n) is 8.44. The fourth-order valence-electron chi connectivity index (χ4n) is 3.20. The maximum Gasteiger partial charge on any atom is 0.410 e. The summed E-state index contributed by atoms with van der Waals surface area (Å²) in [5.41, 5.74) is -0.941. The zero-order chi connectivity index (χ0) is 17.4. The average molecular weight is 326 g/mol. The SMILES string of the molecule is C[C@@H]1CC[C@@H](C(=O)N2CCN(C(=O)OC(C)(C)C)CC2(C)C)O1. The van der Waals surface area contributed by atoms with Crippen LogP contribution in [0.2, 0.25) is 0 Å². The van der Waals surface area contributed by atoms with Crippen LogP contribution < -0.4 is 0 Å². The van der Waals surface area contributed by atoms with E-state index in [1.807, 2.05) is 46.4 Å². The molecule has 0 bridgehead atoms. The Bertz CT molecular complexity index is 470. The van der Waals surface area contributed by atoms with Gasteiger partial charge in [0.2, 0.25) is 0 Å². The Morgan fingerprint density at radius 3 is 2.30 bits per heavy atom. The number of nitrogens with zero attached hydrogens (tertiary/aromatic N) is 2. The molecule has 0 aromatic heterocycles. The van der Waals surface area contributed by atoms with E-state index in [4.69, 9.17) is 9.47 Å². The highest BCUT2D eigenvalue weighted by Gasteiger charge is 2.43. The van der Waals surface area contributed by atoms with Crippen molar-refractivity contribution in [3.05, 3.63) is 0 Å². The van der Waals surface area contributed by atoms with Crippen LogP contribution in [0, 0.1) is 0 Å². The predicted molar refractivity (Wildman–Crippen MR) is 87.2 cm³/mol. The molecule has 0 unspecified atom stereocenters. The molecule has 6 nitrogen and oxygen atoms in total. The lowest BCUT2D eigenvalue weighted by molar-refractivity contribution is -0.151. The Hall–Kier alpha value is -1.30. The lowest BCUT2D eigenvalue weighted by Gasteiger charge is -2.47. The van der Waals surface area contributed by atoms with Gasteiger partial charge in [-0.2, -0.15) is 0 Å². The van der Waals surface area contributed by atoms with Gasteiger partial charge in [-0.1, -0.05) is 0 Å². The number of hydrogen-bond acceptors (Lipinski definition) is 4. The Kier molecular flexibility index (Phi) is 4.95.